The first-order valence-corrected chi connectivity index (χ1v) is 9.39. The van der Waals surface area contributed by atoms with Crippen molar-refractivity contribution in [2.24, 2.45) is 28.6 Å². The van der Waals surface area contributed by atoms with E-state index >= 15 is 0 Å². The van der Waals surface area contributed by atoms with Crippen molar-refractivity contribution in [3.8, 4) is 0 Å². The van der Waals surface area contributed by atoms with Gasteiger partial charge in [0.15, 0.2) is 0 Å². The first kappa shape index (κ1) is 15.2. The topological polar surface area (TPSA) is 29.5 Å². The van der Waals surface area contributed by atoms with Gasteiger partial charge in [-0.25, -0.2) is 0 Å². The summed E-state index contributed by atoms with van der Waals surface area (Å²) >= 11 is 0. The van der Waals surface area contributed by atoms with Crippen molar-refractivity contribution in [1.29, 1.82) is 0 Å². The molecule has 4 aliphatic carbocycles. The van der Waals surface area contributed by atoms with Crippen LogP contribution in [0, 0.1) is 28.6 Å². The van der Waals surface area contributed by atoms with Crippen molar-refractivity contribution in [1.82, 2.24) is 0 Å². The summed E-state index contributed by atoms with van der Waals surface area (Å²) in [6.07, 6.45) is 12.6. The van der Waals surface area contributed by atoms with Crippen molar-refractivity contribution in [2.45, 2.75) is 77.4 Å². The number of hydrogen-bond acceptors (Lipinski definition) is 2. The molecule has 0 radical (unpaired) electrons. The van der Waals surface area contributed by atoms with Crippen molar-refractivity contribution < 1.29 is 9.84 Å². The zero-order valence-corrected chi connectivity index (χ0v) is 14.5. The monoisotopic (exact) mass is 304 g/mol. The molecular formula is C20H32O2. The van der Waals surface area contributed by atoms with Gasteiger partial charge in [-0.1, -0.05) is 25.5 Å². The van der Waals surface area contributed by atoms with E-state index in [-0.39, 0.29) is 6.10 Å². The minimum atomic E-state index is -0.0888. The van der Waals surface area contributed by atoms with Gasteiger partial charge >= 0.3 is 0 Å². The lowest BCUT2D eigenvalue weighted by atomic mass is 9.48. The van der Waals surface area contributed by atoms with Crippen LogP contribution in [0.25, 0.3) is 0 Å². The molecule has 0 unspecified atom stereocenters. The van der Waals surface area contributed by atoms with E-state index in [4.69, 9.17) is 4.74 Å². The highest BCUT2D eigenvalue weighted by Crippen LogP contribution is 2.65. The molecule has 2 nitrogen and oxygen atoms in total. The van der Waals surface area contributed by atoms with E-state index in [0.717, 1.165) is 30.6 Å². The predicted octanol–water partition coefficient (Wildman–Crippen LogP) is 4.33. The smallest absolute Gasteiger partial charge is 0.0627 e. The van der Waals surface area contributed by atoms with Crippen molar-refractivity contribution in [3.05, 3.63) is 11.6 Å². The maximum Gasteiger partial charge on any atom is 0.0627 e. The molecule has 0 aromatic rings. The lowest BCUT2D eigenvalue weighted by molar-refractivity contribution is -0.0820. The zero-order valence-electron chi connectivity index (χ0n) is 14.5. The Balaban J connectivity index is 1.66. The molecule has 0 aromatic heterocycles. The number of hydrogen-bond donors (Lipinski definition) is 1. The fourth-order valence-electron chi connectivity index (χ4n) is 6.98. The molecular weight excluding hydrogens is 272 g/mol. The summed E-state index contributed by atoms with van der Waals surface area (Å²) in [5.74, 6) is 2.54. The van der Waals surface area contributed by atoms with Crippen LogP contribution in [0.1, 0.15) is 65.2 Å². The minimum Gasteiger partial charge on any atom is -0.393 e. The van der Waals surface area contributed by atoms with Gasteiger partial charge in [-0.15, -0.1) is 0 Å². The number of ether oxygens (including phenoxy) is 1. The third-order valence-corrected chi connectivity index (χ3v) is 8.28. The standard InChI is InChI=1S/C20H32O2/c1-19-10-8-14(21)12-13(19)4-5-15-16-6-7-18(22-3)20(16,2)11-9-17(15)19/h4,14-18,21H,5-12H2,1-3H3/t14-,15+,16+,17+,18-,19-,20+/m0/s1. The Hall–Kier alpha value is -0.340. The van der Waals surface area contributed by atoms with Gasteiger partial charge in [0.05, 0.1) is 12.2 Å². The Bertz CT molecular complexity index is 484. The van der Waals surface area contributed by atoms with Crippen LogP contribution in [-0.4, -0.2) is 24.4 Å². The highest BCUT2D eigenvalue weighted by Gasteiger charge is 2.58. The number of aliphatic hydroxyl groups excluding tert-OH is 1. The highest BCUT2D eigenvalue weighted by molar-refractivity contribution is 5.25. The van der Waals surface area contributed by atoms with Crippen LogP contribution in [0.3, 0.4) is 0 Å². The van der Waals surface area contributed by atoms with Crippen LogP contribution in [0.4, 0.5) is 0 Å². The van der Waals surface area contributed by atoms with E-state index in [2.05, 4.69) is 19.9 Å². The molecule has 0 bridgehead atoms. The summed E-state index contributed by atoms with van der Waals surface area (Å²) in [7, 11) is 1.91. The average Bonchev–Trinajstić information content (AvgIpc) is 2.84. The van der Waals surface area contributed by atoms with Gasteiger partial charge in [-0.3, -0.25) is 0 Å². The zero-order chi connectivity index (χ0) is 15.5. The van der Waals surface area contributed by atoms with Crippen LogP contribution in [-0.2, 0) is 4.74 Å². The normalized spacial score (nSPS) is 54.2. The van der Waals surface area contributed by atoms with Gasteiger partial charge in [0.25, 0.3) is 0 Å². The van der Waals surface area contributed by atoms with E-state index in [1.807, 2.05) is 7.11 Å². The van der Waals surface area contributed by atoms with Crippen LogP contribution >= 0.6 is 0 Å². The van der Waals surface area contributed by atoms with Crippen LogP contribution < -0.4 is 0 Å². The second-order valence-corrected chi connectivity index (χ2v) is 9.00. The summed E-state index contributed by atoms with van der Waals surface area (Å²) in [6.45, 7) is 5.01. The maximum atomic E-state index is 10.1. The molecule has 0 spiro atoms. The number of aliphatic hydroxyl groups is 1. The molecule has 2 heteroatoms. The molecule has 124 valence electrons. The van der Waals surface area contributed by atoms with Gasteiger partial charge < -0.3 is 9.84 Å². The molecule has 3 fully saturated rings. The summed E-state index contributed by atoms with van der Waals surface area (Å²) in [5, 5.41) is 10.1. The highest BCUT2D eigenvalue weighted by atomic mass is 16.5. The molecule has 3 saturated carbocycles. The van der Waals surface area contributed by atoms with Crippen molar-refractivity contribution in [2.75, 3.05) is 7.11 Å². The molecule has 0 aliphatic heterocycles. The summed E-state index contributed by atoms with van der Waals surface area (Å²) in [5.41, 5.74) is 2.36. The minimum absolute atomic E-state index is 0.0888. The van der Waals surface area contributed by atoms with E-state index in [1.165, 1.54) is 38.5 Å². The fraction of sp³-hybridized carbons (Fsp3) is 0.900. The molecule has 0 aromatic carbocycles. The summed E-state index contributed by atoms with van der Waals surface area (Å²) in [4.78, 5) is 0. The Labute approximate surface area is 135 Å². The molecule has 4 rings (SSSR count). The molecule has 0 amide bonds. The van der Waals surface area contributed by atoms with Crippen LogP contribution in [0.15, 0.2) is 11.6 Å². The largest absolute Gasteiger partial charge is 0.393 e. The second-order valence-electron chi connectivity index (χ2n) is 9.00. The Morgan fingerprint density at radius 2 is 1.91 bits per heavy atom. The molecule has 7 atom stereocenters. The quantitative estimate of drug-likeness (QED) is 0.731. The van der Waals surface area contributed by atoms with E-state index in [9.17, 15) is 5.11 Å². The molecule has 0 heterocycles. The predicted molar refractivity (Wildman–Crippen MR) is 88.5 cm³/mol. The Morgan fingerprint density at radius 3 is 2.68 bits per heavy atom. The van der Waals surface area contributed by atoms with Gasteiger partial charge in [0.2, 0.25) is 0 Å². The third-order valence-electron chi connectivity index (χ3n) is 8.28. The molecule has 1 N–H and O–H groups in total. The fourth-order valence-corrected chi connectivity index (χ4v) is 6.98. The van der Waals surface area contributed by atoms with Gasteiger partial charge in [-0.05, 0) is 80.0 Å². The van der Waals surface area contributed by atoms with E-state index < -0.39 is 0 Å². The lowest BCUT2D eigenvalue weighted by Crippen LogP contribution is -2.51. The summed E-state index contributed by atoms with van der Waals surface area (Å²) in [6, 6.07) is 0. The van der Waals surface area contributed by atoms with Crippen molar-refractivity contribution >= 4 is 0 Å². The number of methoxy groups -OCH3 is 1. The van der Waals surface area contributed by atoms with Crippen molar-refractivity contribution in [3.63, 3.8) is 0 Å². The number of allylic oxidation sites excluding steroid dienone is 1. The van der Waals surface area contributed by atoms with Gasteiger partial charge in [-0.2, -0.15) is 0 Å². The maximum absolute atomic E-state index is 10.1. The molecule has 4 aliphatic rings. The number of rotatable bonds is 1. The Kier molecular flexibility index (Phi) is 3.51. The first-order chi connectivity index (χ1) is 10.5. The SMILES string of the molecule is CO[C@H]1CC[C@@H]2[C@H]3CC=C4C[C@@H](O)CC[C@]4(C)[C@@H]3CC[C@@]12C. The Morgan fingerprint density at radius 1 is 1.09 bits per heavy atom. The average molecular weight is 304 g/mol. The number of fused-ring (bicyclic) bond motifs is 5. The third kappa shape index (κ3) is 1.92. The van der Waals surface area contributed by atoms with Gasteiger partial charge in [0, 0.05) is 7.11 Å². The lowest BCUT2D eigenvalue weighted by Gasteiger charge is -2.57. The van der Waals surface area contributed by atoms with Crippen LogP contribution in [0.5, 0.6) is 0 Å². The second kappa shape index (κ2) is 5.08. The van der Waals surface area contributed by atoms with E-state index in [0.29, 0.717) is 16.9 Å². The van der Waals surface area contributed by atoms with Crippen LogP contribution in [0.2, 0.25) is 0 Å². The molecule has 22 heavy (non-hydrogen) atoms. The van der Waals surface area contributed by atoms with E-state index in [1.54, 1.807) is 5.57 Å². The van der Waals surface area contributed by atoms with Gasteiger partial charge in [0.1, 0.15) is 0 Å². The first-order valence-electron chi connectivity index (χ1n) is 9.39. The summed E-state index contributed by atoms with van der Waals surface area (Å²) < 4.78 is 5.86. The molecule has 0 saturated heterocycles.